The Bertz CT molecular complexity index is 568. The van der Waals surface area contributed by atoms with Gasteiger partial charge in [-0.15, -0.1) is 0 Å². The first-order chi connectivity index (χ1) is 9.58. The van der Waals surface area contributed by atoms with Crippen molar-refractivity contribution < 1.29 is 0 Å². The third kappa shape index (κ3) is 3.51. The minimum Gasteiger partial charge on any atom is -0.347 e. The summed E-state index contributed by atoms with van der Waals surface area (Å²) in [5.74, 6) is 0.733. The molecule has 0 aliphatic rings. The molecule has 0 radical (unpaired) electrons. The standard InChI is InChI=1S/C15H21N5/c1-11-9-16-7-6-14(11)12(2)18-10-13-5-8-17-15(19-13)20(3)4/h5-9,12,18H,10H2,1-4H3. The van der Waals surface area contributed by atoms with Gasteiger partial charge in [0.05, 0.1) is 5.69 Å². The van der Waals surface area contributed by atoms with E-state index < -0.39 is 0 Å². The lowest BCUT2D eigenvalue weighted by atomic mass is 10.1. The van der Waals surface area contributed by atoms with Gasteiger partial charge in [-0.1, -0.05) is 0 Å². The van der Waals surface area contributed by atoms with Gasteiger partial charge in [-0.3, -0.25) is 4.98 Å². The Labute approximate surface area is 120 Å². The smallest absolute Gasteiger partial charge is 0.225 e. The van der Waals surface area contributed by atoms with Gasteiger partial charge in [0.15, 0.2) is 0 Å². The minimum atomic E-state index is 0.260. The summed E-state index contributed by atoms with van der Waals surface area (Å²) in [6, 6.07) is 4.25. The van der Waals surface area contributed by atoms with Crippen molar-refractivity contribution in [3.8, 4) is 0 Å². The van der Waals surface area contributed by atoms with E-state index in [0.717, 1.165) is 11.6 Å². The average molecular weight is 271 g/mol. The molecule has 2 heterocycles. The summed E-state index contributed by atoms with van der Waals surface area (Å²) in [7, 11) is 3.88. The zero-order valence-electron chi connectivity index (χ0n) is 12.5. The van der Waals surface area contributed by atoms with Gasteiger partial charge in [-0.25, -0.2) is 9.97 Å². The Kier molecular flexibility index (Phi) is 4.63. The van der Waals surface area contributed by atoms with Crippen molar-refractivity contribution in [1.82, 2.24) is 20.3 Å². The second-order valence-electron chi connectivity index (χ2n) is 5.08. The highest BCUT2D eigenvalue weighted by atomic mass is 15.2. The maximum Gasteiger partial charge on any atom is 0.225 e. The summed E-state index contributed by atoms with van der Waals surface area (Å²) in [5, 5.41) is 3.49. The molecule has 2 rings (SSSR count). The lowest BCUT2D eigenvalue weighted by Crippen LogP contribution is -2.21. The number of aryl methyl sites for hydroxylation is 1. The lowest BCUT2D eigenvalue weighted by molar-refractivity contribution is 0.564. The van der Waals surface area contributed by atoms with Crippen LogP contribution in [0.2, 0.25) is 0 Å². The molecule has 5 nitrogen and oxygen atoms in total. The maximum atomic E-state index is 4.50. The summed E-state index contributed by atoms with van der Waals surface area (Å²) in [6.45, 7) is 4.94. The van der Waals surface area contributed by atoms with Gasteiger partial charge in [-0.05, 0) is 37.1 Å². The van der Waals surface area contributed by atoms with Crippen molar-refractivity contribution >= 4 is 5.95 Å². The average Bonchev–Trinajstić information content (AvgIpc) is 2.45. The van der Waals surface area contributed by atoms with Crippen LogP contribution in [0, 0.1) is 6.92 Å². The van der Waals surface area contributed by atoms with Gasteiger partial charge in [0, 0.05) is 45.3 Å². The molecule has 0 amide bonds. The van der Waals surface area contributed by atoms with Crippen molar-refractivity contribution in [3.05, 3.63) is 47.5 Å². The number of anilines is 1. The lowest BCUT2D eigenvalue weighted by Gasteiger charge is -2.16. The molecule has 1 atom stereocenters. The number of nitrogens with one attached hydrogen (secondary N) is 1. The van der Waals surface area contributed by atoms with Crippen LogP contribution >= 0.6 is 0 Å². The van der Waals surface area contributed by atoms with E-state index in [9.17, 15) is 0 Å². The highest BCUT2D eigenvalue weighted by Gasteiger charge is 2.08. The molecule has 0 saturated carbocycles. The molecule has 0 saturated heterocycles. The molecular weight excluding hydrogens is 250 g/mol. The number of hydrogen-bond acceptors (Lipinski definition) is 5. The second-order valence-corrected chi connectivity index (χ2v) is 5.08. The molecule has 2 aromatic heterocycles. The Morgan fingerprint density at radius 2 is 2.05 bits per heavy atom. The fourth-order valence-electron chi connectivity index (χ4n) is 2.04. The Morgan fingerprint density at radius 3 is 2.75 bits per heavy atom. The van der Waals surface area contributed by atoms with Gasteiger partial charge in [-0.2, -0.15) is 0 Å². The molecule has 0 bridgehead atoms. The van der Waals surface area contributed by atoms with Crippen LogP contribution in [0.25, 0.3) is 0 Å². The highest BCUT2D eigenvalue weighted by molar-refractivity contribution is 5.27. The van der Waals surface area contributed by atoms with E-state index in [0.29, 0.717) is 6.54 Å². The molecule has 0 aliphatic heterocycles. The molecule has 5 heteroatoms. The predicted molar refractivity (Wildman–Crippen MR) is 80.6 cm³/mol. The van der Waals surface area contributed by atoms with Crippen LogP contribution in [-0.2, 0) is 6.54 Å². The topological polar surface area (TPSA) is 53.9 Å². The molecule has 0 fully saturated rings. The fraction of sp³-hybridized carbons (Fsp3) is 0.400. The molecule has 1 N–H and O–H groups in total. The third-order valence-electron chi connectivity index (χ3n) is 3.22. The first-order valence-corrected chi connectivity index (χ1v) is 6.71. The van der Waals surface area contributed by atoms with Gasteiger partial charge in [0.2, 0.25) is 5.95 Å². The van der Waals surface area contributed by atoms with Crippen LogP contribution in [0.4, 0.5) is 5.95 Å². The number of aromatic nitrogens is 3. The maximum absolute atomic E-state index is 4.50. The molecule has 20 heavy (non-hydrogen) atoms. The molecule has 0 spiro atoms. The number of rotatable bonds is 5. The van der Waals surface area contributed by atoms with E-state index in [1.165, 1.54) is 11.1 Å². The quantitative estimate of drug-likeness (QED) is 0.902. The van der Waals surface area contributed by atoms with Gasteiger partial charge in [0.25, 0.3) is 0 Å². The highest BCUT2D eigenvalue weighted by Crippen LogP contribution is 2.16. The normalized spacial score (nSPS) is 12.2. The Hall–Kier alpha value is -2.01. The van der Waals surface area contributed by atoms with E-state index >= 15 is 0 Å². The summed E-state index contributed by atoms with van der Waals surface area (Å²) >= 11 is 0. The molecule has 106 valence electrons. The molecule has 1 unspecified atom stereocenters. The van der Waals surface area contributed by atoms with Gasteiger partial charge >= 0.3 is 0 Å². The summed E-state index contributed by atoms with van der Waals surface area (Å²) in [5.41, 5.74) is 3.45. The minimum absolute atomic E-state index is 0.260. The number of hydrogen-bond donors (Lipinski definition) is 1. The van der Waals surface area contributed by atoms with E-state index in [-0.39, 0.29) is 6.04 Å². The van der Waals surface area contributed by atoms with Crippen LogP contribution < -0.4 is 10.2 Å². The molecule has 0 aromatic carbocycles. The molecule has 0 aliphatic carbocycles. The van der Waals surface area contributed by atoms with Crippen LogP contribution in [0.1, 0.15) is 29.8 Å². The van der Waals surface area contributed by atoms with E-state index in [4.69, 9.17) is 0 Å². The zero-order valence-corrected chi connectivity index (χ0v) is 12.5. The summed E-state index contributed by atoms with van der Waals surface area (Å²) < 4.78 is 0. The Balaban J connectivity index is 2.02. The number of pyridine rings is 1. The third-order valence-corrected chi connectivity index (χ3v) is 3.22. The van der Waals surface area contributed by atoms with E-state index in [1.807, 2.05) is 37.5 Å². The van der Waals surface area contributed by atoms with E-state index in [1.54, 1.807) is 6.20 Å². The van der Waals surface area contributed by atoms with Crippen LogP contribution in [-0.4, -0.2) is 29.0 Å². The van der Waals surface area contributed by atoms with Gasteiger partial charge in [0.1, 0.15) is 0 Å². The monoisotopic (exact) mass is 271 g/mol. The zero-order chi connectivity index (χ0) is 14.5. The van der Waals surface area contributed by atoms with Crippen molar-refractivity contribution in [1.29, 1.82) is 0 Å². The first kappa shape index (κ1) is 14.4. The van der Waals surface area contributed by atoms with Crippen LogP contribution in [0.15, 0.2) is 30.7 Å². The number of nitrogens with zero attached hydrogens (tertiary/aromatic N) is 4. The molecular formula is C15H21N5. The van der Waals surface area contributed by atoms with Crippen molar-refractivity contribution in [3.63, 3.8) is 0 Å². The van der Waals surface area contributed by atoms with Crippen molar-refractivity contribution in [2.75, 3.05) is 19.0 Å². The summed E-state index contributed by atoms with van der Waals surface area (Å²) in [6.07, 6.45) is 5.51. The van der Waals surface area contributed by atoms with Crippen LogP contribution in [0.5, 0.6) is 0 Å². The van der Waals surface area contributed by atoms with Gasteiger partial charge < -0.3 is 10.2 Å². The SMILES string of the molecule is Cc1cnccc1C(C)NCc1ccnc(N(C)C)n1. The first-order valence-electron chi connectivity index (χ1n) is 6.71. The fourth-order valence-corrected chi connectivity index (χ4v) is 2.04. The van der Waals surface area contributed by atoms with Crippen molar-refractivity contribution in [2.24, 2.45) is 0 Å². The Morgan fingerprint density at radius 1 is 1.25 bits per heavy atom. The molecule has 2 aromatic rings. The summed E-state index contributed by atoms with van der Waals surface area (Å²) in [4.78, 5) is 14.7. The second kappa shape index (κ2) is 6.43. The van der Waals surface area contributed by atoms with E-state index in [2.05, 4.69) is 40.2 Å². The predicted octanol–water partition coefficient (Wildman–Crippen LogP) is 2.10. The van der Waals surface area contributed by atoms with Crippen molar-refractivity contribution in [2.45, 2.75) is 26.4 Å². The van der Waals surface area contributed by atoms with Crippen LogP contribution in [0.3, 0.4) is 0 Å². The largest absolute Gasteiger partial charge is 0.347 e.